The van der Waals surface area contributed by atoms with Crippen LogP contribution in [0.2, 0.25) is 0 Å². The molecule has 0 aliphatic rings. The molecule has 6 nitrogen and oxygen atoms in total. The molecule has 0 saturated carbocycles. The van der Waals surface area contributed by atoms with Crippen molar-refractivity contribution in [2.24, 2.45) is 0 Å². The summed E-state index contributed by atoms with van der Waals surface area (Å²) >= 11 is 0. The quantitative estimate of drug-likeness (QED) is 0.757. The van der Waals surface area contributed by atoms with E-state index in [-0.39, 0.29) is 30.7 Å². The molecule has 2 rings (SSSR count). The van der Waals surface area contributed by atoms with Gasteiger partial charge in [0.05, 0.1) is 0 Å². The first-order valence-corrected chi connectivity index (χ1v) is 7.55. The first-order valence-electron chi connectivity index (χ1n) is 7.55. The van der Waals surface area contributed by atoms with Crippen molar-refractivity contribution in [1.29, 1.82) is 0 Å². The maximum atomic E-state index is 11.9. The van der Waals surface area contributed by atoms with E-state index in [0.717, 1.165) is 0 Å². The third kappa shape index (κ3) is 4.95. The van der Waals surface area contributed by atoms with Crippen LogP contribution in [0.5, 0.6) is 0 Å². The number of benzene rings is 2. The Kier molecular flexibility index (Phi) is 6.08. The van der Waals surface area contributed by atoms with E-state index < -0.39 is 0 Å². The van der Waals surface area contributed by atoms with Gasteiger partial charge in [0.25, 0.3) is 11.8 Å². The average molecular weight is 325 g/mol. The second-order valence-corrected chi connectivity index (χ2v) is 5.08. The minimum atomic E-state index is -0.239. The summed E-state index contributed by atoms with van der Waals surface area (Å²) in [4.78, 5) is 35.3. The fraction of sp³-hybridized carbons (Fsp3) is 0.167. The topological polar surface area (TPSA) is 87.3 Å². The molecule has 0 aliphatic heterocycles. The van der Waals surface area contributed by atoms with E-state index in [1.165, 1.54) is 0 Å². The van der Waals surface area contributed by atoms with Crippen LogP contribution in [-0.2, 0) is 4.79 Å². The van der Waals surface area contributed by atoms with Crippen molar-refractivity contribution in [3.63, 3.8) is 0 Å². The molecule has 3 N–H and O–H groups in total. The van der Waals surface area contributed by atoms with Crippen molar-refractivity contribution in [2.45, 2.75) is 6.42 Å². The molecule has 0 unspecified atom stereocenters. The summed E-state index contributed by atoms with van der Waals surface area (Å²) in [5.41, 5.74) is 1.55. The number of nitrogens with one attached hydrogen (secondary N) is 3. The Balaban J connectivity index is 1.81. The maximum absolute atomic E-state index is 11.9. The lowest BCUT2D eigenvalue weighted by molar-refractivity contribution is -0.116. The van der Waals surface area contributed by atoms with Crippen LogP contribution in [0.3, 0.4) is 0 Å². The minimum absolute atomic E-state index is 0.142. The summed E-state index contributed by atoms with van der Waals surface area (Å²) in [6.45, 7) is 0.231. The molecular weight excluding hydrogens is 306 g/mol. The monoisotopic (exact) mass is 325 g/mol. The van der Waals surface area contributed by atoms with Gasteiger partial charge in [0.2, 0.25) is 5.91 Å². The second-order valence-electron chi connectivity index (χ2n) is 5.08. The van der Waals surface area contributed by atoms with Crippen molar-refractivity contribution >= 4 is 23.4 Å². The molecule has 0 saturated heterocycles. The smallest absolute Gasteiger partial charge is 0.251 e. The van der Waals surface area contributed by atoms with E-state index in [9.17, 15) is 14.4 Å². The van der Waals surface area contributed by atoms with Crippen molar-refractivity contribution in [3.8, 4) is 0 Å². The molecule has 0 fully saturated rings. The Hall–Kier alpha value is -3.15. The van der Waals surface area contributed by atoms with Crippen molar-refractivity contribution in [1.82, 2.24) is 10.6 Å². The molecular formula is C18H19N3O3. The normalized spacial score (nSPS) is 9.88. The highest BCUT2D eigenvalue weighted by molar-refractivity contribution is 5.97. The molecule has 0 atom stereocenters. The van der Waals surface area contributed by atoms with Crippen molar-refractivity contribution in [2.75, 3.05) is 18.9 Å². The Morgan fingerprint density at radius 1 is 0.875 bits per heavy atom. The summed E-state index contributed by atoms with van der Waals surface area (Å²) in [6, 6.07) is 15.5. The molecule has 0 aliphatic carbocycles. The second kappa shape index (κ2) is 8.47. The number of carbonyl (C=O) groups excluding carboxylic acids is 3. The van der Waals surface area contributed by atoms with Crippen LogP contribution in [0, 0.1) is 0 Å². The third-order valence-corrected chi connectivity index (χ3v) is 3.31. The number of rotatable bonds is 6. The molecule has 3 amide bonds. The molecule has 24 heavy (non-hydrogen) atoms. The van der Waals surface area contributed by atoms with Crippen LogP contribution >= 0.6 is 0 Å². The van der Waals surface area contributed by atoms with Gasteiger partial charge in [-0.1, -0.05) is 24.3 Å². The zero-order valence-electron chi connectivity index (χ0n) is 13.3. The van der Waals surface area contributed by atoms with Gasteiger partial charge in [0.15, 0.2) is 0 Å². The van der Waals surface area contributed by atoms with Crippen LogP contribution in [-0.4, -0.2) is 31.3 Å². The number of hydrogen-bond acceptors (Lipinski definition) is 3. The first kappa shape index (κ1) is 17.2. The third-order valence-electron chi connectivity index (χ3n) is 3.31. The van der Waals surface area contributed by atoms with E-state index in [4.69, 9.17) is 0 Å². The molecule has 124 valence electrons. The predicted octanol–water partition coefficient (Wildman–Crippen LogP) is 1.80. The van der Waals surface area contributed by atoms with Gasteiger partial charge in [-0.05, 0) is 30.3 Å². The van der Waals surface area contributed by atoms with E-state index in [2.05, 4.69) is 16.0 Å². The van der Waals surface area contributed by atoms with E-state index in [0.29, 0.717) is 16.8 Å². The van der Waals surface area contributed by atoms with Crippen LogP contribution in [0.15, 0.2) is 54.6 Å². The van der Waals surface area contributed by atoms with Gasteiger partial charge < -0.3 is 16.0 Å². The molecule has 0 bridgehead atoms. The van der Waals surface area contributed by atoms with E-state index in [1.54, 1.807) is 55.6 Å². The van der Waals surface area contributed by atoms with Gasteiger partial charge in [-0.15, -0.1) is 0 Å². The summed E-state index contributed by atoms with van der Waals surface area (Å²) in [5.74, 6) is -0.677. The number of anilines is 1. The Morgan fingerprint density at radius 2 is 1.58 bits per heavy atom. The SMILES string of the molecule is CNC(=O)c1cccc(NC(=O)CCNC(=O)c2ccccc2)c1. The van der Waals surface area contributed by atoms with Crippen LogP contribution in [0.4, 0.5) is 5.69 Å². The van der Waals surface area contributed by atoms with Crippen LogP contribution in [0.1, 0.15) is 27.1 Å². The number of carbonyl (C=O) groups is 3. The lowest BCUT2D eigenvalue weighted by atomic mass is 10.2. The van der Waals surface area contributed by atoms with Gasteiger partial charge in [-0.25, -0.2) is 0 Å². The predicted molar refractivity (Wildman–Crippen MR) is 91.9 cm³/mol. The zero-order valence-corrected chi connectivity index (χ0v) is 13.3. The van der Waals surface area contributed by atoms with Crippen LogP contribution < -0.4 is 16.0 Å². The molecule has 0 spiro atoms. The Labute approximate surface area is 140 Å². The highest BCUT2D eigenvalue weighted by Gasteiger charge is 2.08. The maximum Gasteiger partial charge on any atom is 0.251 e. The highest BCUT2D eigenvalue weighted by Crippen LogP contribution is 2.10. The van der Waals surface area contributed by atoms with Crippen molar-refractivity contribution in [3.05, 3.63) is 65.7 Å². The molecule has 2 aromatic carbocycles. The largest absolute Gasteiger partial charge is 0.355 e. The van der Waals surface area contributed by atoms with Gasteiger partial charge in [-0.3, -0.25) is 14.4 Å². The minimum Gasteiger partial charge on any atom is -0.355 e. The number of amides is 3. The fourth-order valence-corrected chi connectivity index (χ4v) is 2.09. The van der Waals surface area contributed by atoms with Gasteiger partial charge >= 0.3 is 0 Å². The number of hydrogen-bond donors (Lipinski definition) is 3. The van der Waals surface area contributed by atoms with Gasteiger partial charge in [-0.2, -0.15) is 0 Å². The highest BCUT2D eigenvalue weighted by atomic mass is 16.2. The van der Waals surface area contributed by atoms with Gasteiger partial charge in [0, 0.05) is 36.8 Å². The Bertz CT molecular complexity index is 729. The summed E-state index contributed by atoms with van der Waals surface area (Å²) in [5, 5.41) is 7.92. The molecule has 0 aromatic heterocycles. The van der Waals surface area contributed by atoms with Crippen molar-refractivity contribution < 1.29 is 14.4 Å². The molecule has 0 heterocycles. The summed E-state index contributed by atoms with van der Waals surface area (Å²) in [6.07, 6.45) is 0.142. The Morgan fingerprint density at radius 3 is 2.29 bits per heavy atom. The first-order chi connectivity index (χ1) is 11.6. The summed E-state index contributed by atoms with van der Waals surface area (Å²) in [7, 11) is 1.54. The van der Waals surface area contributed by atoms with E-state index in [1.807, 2.05) is 6.07 Å². The van der Waals surface area contributed by atoms with E-state index >= 15 is 0 Å². The molecule has 2 aromatic rings. The summed E-state index contributed by atoms with van der Waals surface area (Å²) < 4.78 is 0. The lowest BCUT2D eigenvalue weighted by Gasteiger charge is -2.08. The van der Waals surface area contributed by atoms with Crippen LogP contribution in [0.25, 0.3) is 0 Å². The lowest BCUT2D eigenvalue weighted by Crippen LogP contribution is -2.27. The van der Waals surface area contributed by atoms with Gasteiger partial charge in [0.1, 0.15) is 0 Å². The molecule has 0 radical (unpaired) electrons. The zero-order chi connectivity index (χ0) is 17.4. The molecule has 6 heteroatoms. The fourth-order valence-electron chi connectivity index (χ4n) is 2.09. The average Bonchev–Trinajstić information content (AvgIpc) is 2.61. The standard InChI is InChI=1S/C18H19N3O3/c1-19-17(23)14-8-5-9-15(12-14)21-16(22)10-11-20-18(24)13-6-3-2-4-7-13/h2-9,12H,10-11H2,1H3,(H,19,23)(H,20,24)(H,21,22).